The lowest BCUT2D eigenvalue weighted by atomic mass is 9.87. The maximum absolute atomic E-state index is 9.51. The van der Waals surface area contributed by atoms with Crippen LogP contribution in [0.25, 0.3) is 0 Å². The predicted molar refractivity (Wildman–Crippen MR) is 67.6 cm³/mol. The molecule has 96 valence electrons. The molecule has 0 bridgehead atoms. The summed E-state index contributed by atoms with van der Waals surface area (Å²) in [4.78, 5) is 0. The summed E-state index contributed by atoms with van der Waals surface area (Å²) < 4.78 is 1.92. The van der Waals surface area contributed by atoms with Crippen LogP contribution in [0.5, 0.6) is 0 Å². The summed E-state index contributed by atoms with van der Waals surface area (Å²) in [7, 11) is 1.97. The maximum atomic E-state index is 9.51. The van der Waals surface area contributed by atoms with E-state index in [4.69, 9.17) is 0 Å². The Kier molecular flexibility index (Phi) is 3.84. The third-order valence-corrected chi connectivity index (χ3v) is 3.90. The van der Waals surface area contributed by atoms with Crippen LogP contribution < -0.4 is 5.32 Å². The Morgan fingerprint density at radius 1 is 1.47 bits per heavy atom. The van der Waals surface area contributed by atoms with Gasteiger partial charge < -0.3 is 10.4 Å². The van der Waals surface area contributed by atoms with Gasteiger partial charge in [-0.2, -0.15) is 5.10 Å². The molecule has 1 aliphatic rings. The van der Waals surface area contributed by atoms with E-state index < -0.39 is 0 Å². The summed E-state index contributed by atoms with van der Waals surface area (Å²) in [5, 5.41) is 17.3. The molecule has 1 aromatic heterocycles. The third-order valence-electron chi connectivity index (χ3n) is 3.90. The van der Waals surface area contributed by atoms with Crippen LogP contribution in [0.15, 0.2) is 6.07 Å². The van der Waals surface area contributed by atoms with E-state index in [-0.39, 0.29) is 5.41 Å². The second-order valence-corrected chi connectivity index (χ2v) is 5.37. The van der Waals surface area contributed by atoms with E-state index in [1.54, 1.807) is 0 Å². The molecule has 0 unspecified atom stereocenters. The molecule has 2 N–H and O–H groups in total. The SMILES string of the molecule is Cc1cc(CNCC2(CO)CCCC2)n(C)n1. The van der Waals surface area contributed by atoms with Gasteiger partial charge in [-0.1, -0.05) is 12.8 Å². The van der Waals surface area contributed by atoms with Crippen molar-refractivity contribution in [2.75, 3.05) is 13.2 Å². The standard InChI is InChI=1S/C13H23N3O/c1-11-7-12(16(2)15-11)8-14-9-13(10-17)5-3-4-6-13/h7,14,17H,3-6,8-10H2,1-2H3. The average Bonchev–Trinajstić information content (AvgIpc) is 2.88. The number of aliphatic hydroxyl groups is 1. The number of hydrogen-bond donors (Lipinski definition) is 2. The monoisotopic (exact) mass is 237 g/mol. The molecule has 1 saturated carbocycles. The zero-order chi connectivity index (χ0) is 12.3. The Bertz CT molecular complexity index is 367. The number of nitrogens with one attached hydrogen (secondary N) is 1. The van der Waals surface area contributed by atoms with Gasteiger partial charge in [0.2, 0.25) is 0 Å². The number of aliphatic hydroxyl groups excluding tert-OH is 1. The summed E-state index contributed by atoms with van der Waals surface area (Å²) in [5.41, 5.74) is 2.39. The van der Waals surface area contributed by atoms with Crippen molar-refractivity contribution in [3.63, 3.8) is 0 Å². The first kappa shape index (κ1) is 12.6. The summed E-state index contributed by atoms with van der Waals surface area (Å²) in [6.07, 6.45) is 4.82. The summed E-state index contributed by atoms with van der Waals surface area (Å²) in [6, 6.07) is 2.10. The van der Waals surface area contributed by atoms with Crippen LogP contribution in [0.3, 0.4) is 0 Å². The molecule has 1 heterocycles. The Hall–Kier alpha value is -0.870. The molecule has 1 fully saturated rings. The molecule has 0 radical (unpaired) electrons. The van der Waals surface area contributed by atoms with Crippen LogP contribution in [0.2, 0.25) is 0 Å². The van der Waals surface area contributed by atoms with Crippen molar-refractivity contribution in [1.29, 1.82) is 0 Å². The van der Waals surface area contributed by atoms with Gasteiger partial charge in [-0.3, -0.25) is 4.68 Å². The normalized spacial score (nSPS) is 18.8. The lowest BCUT2D eigenvalue weighted by Gasteiger charge is -2.26. The van der Waals surface area contributed by atoms with Gasteiger partial charge in [0.1, 0.15) is 0 Å². The molecule has 17 heavy (non-hydrogen) atoms. The van der Waals surface area contributed by atoms with Crippen molar-refractivity contribution < 1.29 is 5.11 Å². The van der Waals surface area contributed by atoms with Gasteiger partial charge in [0.05, 0.1) is 11.4 Å². The second-order valence-electron chi connectivity index (χ2n) is 5.37. The number of aryl methyl sites for hydroxylation is 2. The Morgan fingerprint density at radius 2 is 2.18 bits per heavy atom. The zero-order valence-electron chi connectivity index (χ0n) is 10.9. The third kappa shape index (κ3) is 2.87. The zero-order valence-corrected chi connectivity index (χ0v) is 10.9. The van der Waals surface area contributed by atoms with Crippen molar-refractivity contribution in [2.24, 2.45) is 12.5 Å². The molecule has 0 aromatic carbocycles. The fraction of sp³-hybridized carbons (Fsp3) is 0.769. The molecule has 0 saturated heterocycles. The van der Waals surface area contributed by atoms with Crippen molar-refractivity contribution >= 4 is 0 Å². The Morgan fingerprint density at radius 3 is 2.71 bits per heavy atom. The van der Waals surface area contributed by atoms with Crippen LogP contribution in [-0.2, 0) is 13.6 Å². The number of hydrogen-bond acceptors (Lipinski definition) is 3. The topological polar surface area (TPSA) is 50.1 Å². The van der Waals surface area contributed by atoms with Gasteiger partial charge in [-0.25, -0.2) is 0 Å². The van der Waals surface area contributed by atoms with E-state index in [0.717, 1.165) is 31.6 Å². The van der Waals surface area contributed by atoms with E-state index in [2.05, 4.69) is 16.5 Å². The molecule has 0 amide bonds. The second kappa shape index (κ2) is 5.19. The predicted octanol–water partition coefficient (Wildman–Crippen LogP) is 1.37. The Labute approximate surface area is 103 Å². The molecule has 0 spiro atoms. The van der Waals surface area contributed by atoms with Gasteiger partial charge >= 0.3 is 0 Å². The van der Waals surface area contributed by atoms with Crippen LogP contribution >= 0.6 is 0 Å². The largest absolute Gasteiger partial charge is 0.396 e. The molecular formula is C13H23N3O. The number of nitrogens with zero attached hydrogens (tertiary/aromatic N) is 2. The fourth-order valence-electron chi connectivity index (χ4n) is 2.80. The first-order chi connectivity index (χ1) is 8.15. The molecule has 1 aromatic rings. The van der Waals surface area contributed by atoms with Crippen molar-refractivity contribution in [1.82, 2.24) is 15.1 Å². The highest BCUT2D eigenvalue weighted by Gasteiger charge is 2.32. The first-order valence-corrected chi connectivity index (χ1v) is 6.46. The molecule has 0 aliphatic heterocycles. The van der Waals surface area contributed by atoms with Crippen molar-refractivity contribution in [3.8, 4) is 0 Å². The minimum Gasteiger partial charge on any atom is -0.396 e. The van der Waals surface area contributed by atoms with Gasteiger partial charge in [-0.05, 0) is 25.8 Å². The van der Waals surface area contributed by atoms with Gasteiger partial charge in [0.25, 0.3) is 0 Å². The molecular weight excluding hydrogens is 214 g/mol. The van der Waals surface area contributed by atoms with Gasteiger partial charge in [-0.15, -0.1) is 0 Å². The van der Waals surface area contributed by atoms with Crippen molar-refractivity contribution in [3.05, 3.63) is 17.5 Å². The molecule has 4 heteroatoms. The first-order valence-electron chi connectivity index (χ1n) is 6.46. The lowest BCUT2D eigenvalue weighted by Crippen LogP contribution is -2.35. The Balaban J connectivity index is 1.84. The van der Waals surface area contributed by atoms with E-state index in [1.807, 2.05) is 18.7 Å². The highest BCUT2D eigenvalue weighted by atomic mass is 16.3. The number of rotatable bonds is 5. The molecule has 2 rings (SSSR count). The van der Waals surface area contributed by atoms with Crippen LogP contribution in [0.4, 0.5) is 0 Å². The van der Waals surface area contributed by atoms with E-state index in [9.17, 15) is 5.11 Å². The molecule has 0 atom stereocenters. The lowest BCUT2D eigenvalue weighted by molar-refractivity contribution is 0.128. The van der Waals surface area contributed by atoms with Crippen LogP contribution in [-0.4, -0.2) is 28.0 Å². The van der Waals surface area contributed by atoms with Crippen molar-refractivity contribution in [2.45, 2.75) is 39.2 Å². The van der Waals surface area contributed by atoms with Gasteiger partial charge in [0.15, 0.2) is 0 Å². The highest BCUT2D eigenvalue weighted by Crippen LogP contribution is 2.36. The smallest absolute Gasteiger partial charge is 0.0597 e. The molecule has 4 nitrogen and oxygen atoms in total. The summed E-state index contributed by atoms with van der Waals surface area (Å²) >= 11 is 0. The average molecular weight is 237 g/mol. The van der Waals surface area contributed by atoms with Crippen LogP contribution in [0.1, 0.15) is 37.1 Å². The van der Waals surface area contributed by atoms with Gasteiger partial charge in [0, 0.05) is 32.2 Å². The van der Waals surface area contributed by atoms with Crippen LogP contribution in [0, 0.1) is 12.3 Å². The molecule has 1 aliphatic carbocycles. The quantitative estimate of drug-likeness (QED) is 0.813. The fourth-order valence-corrected chi connectivity index (χ4v) is 2.80. The summed E-state index contributed by atoms with van der Waals surface area (Å²) in [5.74, 6) is 0. The summed E-state index contributed by atoms with van der Waals surface area (Å²) in [6.45, 7) is 4.06. The minimum absolute atomic E-state index is 0.133. The maximum Gasteiger partial charge on any atom is 0.0597 e. The number of aromatic nitrogens is 2. The van der Waals surface area contributed by atoms with E-state index >= 15 is 0 Å². The highest BCUT2D eigenvalue weighted by molar-refractivity contribution is 5.08. The van der Waals surface area contributed by atoms with E-state index in [1.165, 1.54) is 18.5 Å². The minimum atomic E-state index is 0.133. The van der Waals surface area contributed by atoms with E-state index in [0.29, 0.717) is 6.61 Å².